The van der Waals surface area contributed by atoms with Gasteiger partial charge in [-0.2, -0.15) is 0 Å². The molecular formula is C28H28O3Si2. The third-order valence-electron chi connectivity index (χ3n) is 5.48. The Balaban J connectivity index is 1.89. The van der Waals surface area contributed by atoms with Gasteiger partial charge in [0.05, 0.1) is 14.2 Å². The molecule has 4 aromatic carbocycles. The number of hydrogen-bond acceptors (Lipinski definition) is 3. The van der Waals surface area contributed by atoms with Crippen molar-refractivity contribution in [3.63, 3.8) is 0 Å². The van der Waals surface area contributed by atoms with Crippen molar-refractivity contribution in [2.75, 3.05) is 14.2 Å². The fourth-order valence-electron chi connectivity index (χ4n) is 3.82. The van der Waals surface area contributed by atoms with Crippen LogP contribution >= 0.6 is 0 Å². The van der Waals surface area contributed by atoms with Crippen molar-refractivity contribution in [2.24, 2.45) is 0 Å². The molecule has 0 aromatic heterocycles. The summed E-state index contributed by atoms with van der Waals surface area (Å²) >= 11 is 0. The highest BCUT2D eigenvalue weighted by atomic mass is 28.4. The van der Waals surface area contributed by atoms with Crippen LogP contribution in [-0.4, -0.2) is 32.3 Å². The molecule has 0 unspecified atom stereocenters. The van der Waals surface area contributed by atoms with E-state index in [0.717, 1.165) is 21.9 Å². The number of methoxy groups -OCH3 is 2. The van der Waals surface area contributed by atoms with Gasteiger partial charge in [-0.15, -0.1) is 0 Å². The first-order valence-electron chi connectivity index (χ1n) is 10.9. The van der Waals surface area contributed by atoms with E-state index in [9.17, 15) is 0 Å². The first kappa shape index (κ1) is 23.0. The molecule has 0 aliphatic carbocycles. The van der Waals surface area contributed by atoms with Crippen LogP contribution in [0, 0.1) is 13.8 Å². The van der Waals surface area contributed by atoms with Gasteiger partial charge in [0.15, 0.2) is 0 Å². The third kappa shape index (κ3) is 5.27. The van der Waals surface area contributed by atoms with Crippen molar-refractivity contribution in [1.29, 1.82) is 0 Å². The predicted octanol–water partition coefficient (Wildman–Crippen LogP) is 3.25. The second-order valence-electron chi connectivity index (χ2n) is 7.90. The summed E-state index contributed by atoms with van der Waals surface area (Å²) in [5, 5.41) is 4.63. The van der Waals surface area contributed by atoms with Gasteiger partial charge in [-0.25, -0.2) is 0 Å². The molecule has 0 aliphatic heterocycles. The van der Waals surface area contributed by atoms with Gasteiger partial charge in [0.1, 0.15) is 11.5 Å². The molecule has 0 N–H and O–H groups in total. The maximum Gasteiger partial charge on any atom is 0.276 e. The first-order chi connectivity index (χ1) is 16.1. The van der Waals surface area contributed by atoms with Gasteiger partial charge in [-0.3, -0.25) is 0 Å². The van der Waals surface area contributed by atoms with Crippen LogP contribution < -0.4 is 30.2 Å². The molecule has 0 fully saturated rings. The summed E-state index contributed by atoms with van der Waals surface area (Å²) in [7, 11) is 0.197. The van der Waals surface area contributed by atoms with E-state index in [0.29, 0.717) is 0 Å². The lowest BCUT2D eigenvalue weighted by atomic mass is 10.2. The Bertz CT molecular complexity index is 1100. The van der Waals surface area contributed by atoms with Gasteiger partial charge in [-0.1, -0.05) is 96.1 Å². The molecule has 166 valence electrons. The molecule has 0 spiro atoms. The predicted molar refractivity (Wildman–Crippen MR) is 139 cm³/mol. The fraction of sp³-hybridized carbons (Fsp3) is 0.143. The van der Waals surface area contributed by atoms with E-state index in [1.54, 1.807) is 14.2 Å². The Morgan fingerprint density at radius 1 is 0.515 bits per heavy atom. The van der Waals surface area contributed by atoms with Crippen LogP contribution in [0.2, 0.25) is 0 Å². The van der Waals surface area contributed by atoms with Crippen LogP contribution in [0.25, 0.3) is 0 Å². The van der Waals surface area contributed by atoms with Crippen LogP contribution in [0.1, 0.15) is 11.1 Å². The smallest absolute Gasteiger partial charge is 0.276 e. The van der Waals surface area contributed by atoms with Gasteiger partial charge in [0.2, 0.25) is 0 Å². The molecule has 0 aliphatic rings. The Morgan fingerprint density at radius 2 is 0.909 bits per heavy atom. The van der Waals surface area contributed by atoms with Gasteiger partial charge in [-0.05, 0) is 36.4 Å². The van der Waals surface area contributed by atoms with Gasteiger partial charge in [0.25, 0.3) is 18.1 Å². The average molecular weight is 469 g/mol. The van der Waals surface area contributed by atoms with E-state index in [4.69, 9.17) is 13.6 Å². The number of hydrogen-bond donors (Lipinski definition) is 0. The summed E-state index contributed by atoms with van der Waals surface area (Å²) in [6.45, 7) is 4.22. The van der Waals surface area contributed by atoms with Crippen molar-refractivity contribution in [3.8, 4) is 11.5 Å². The fourth-order valence-corrected chi connectivity index (χ4v) is 9.61. The van der Waals surface area contributed by atoms with Gasteiger partial charge < -0.3 is 13.6 Å². The number of aryl methyl sites for hydroxylation is 2. The van der Waals surface area contributed by atoms with Crippen molar-refractivity contribution in [1.82, 2.24) is 0 Å². The van der Waals surface area contributed by atoms with E-state index in [1.807, 2.05) is 24.3 Å². The van der Waals surface area contributed by atoms with Crippen LogP contribution in [0.5, 0.6) is 11.5 Å². The normalized spacial score (nSPS) is 11.1. The SMILES string of the molecule is COc1ccc(C)cc1[Si](O[Si](c1ccccc1)c1cc(C)ccc1OC)c1ccccc1. The zero-order chi connectivity index (χ0) is 23.2. The highest BCUT2D eigenvalue weighted by Gasteiger charge is 2.32. The molecule has 0 amide bonds. The molecule has 5 heteroatoms. The summed E-state index contributed by atoms with van der Waals surface area (Å²) in [6, 6.07) is 33.7. The molecule has 3 nitrogen and oxygen atoms in total. The second-order valence-corrected chi connectivity index (χ2v) is 12.3. The summed E-state index contributed by atoms with van der Waals surface area (Å²) in [5.74, 6) is 1.73. The number of rotatable bonds is 8. The third-order valence-corrected chi connectivity index (χ3v) is 10.6. The second kappa shape index (κ2) is 10.7. The van der Waals surface area contributed by atoms with E-state index in [-0.39, 0.29) is 0 Å². The van der Waals surface area contributed by atoms with Crippen molar-refractivity contribution in [2.45, 2.75) is 13.8 Å². The minimum Gasteiger partial charge on any atom is -0.497 e. The molecular weight excluding hydrogens is 440 g/mol. The molecule has 0 bridgehead atoms. The standard InChI is InChI=1S/C28H28O3Si2/c1-21-15-17-25(29-3)27(19-21)32(23-11-7-5-8-12-23)31-33(24-13-9-6-10-14-24)28-20-22(2)16-18-26(28)30-4/h5-20H,1-4H3. The molecule has 4 aromatic rings. The van der Waals surface area contributed by atoms with Crippen molar-refractivity contribution in [3.05, 3.63) is 108 Å². The van der Waals surface area contributed by atoms with E-state index in [1.165, 1.54) is 21.5 Å². The zero-order valence-electron chi connectivity index (χ0n) is 19.5. The quantitative estimate of drug-likeness (QED) is 0.372. The molecule has 2 radical (unpaired) electrons. The molecule has 0 saturated heterocycles. The maximum absolute atomic E-state index is 7.23. The Labute approximate surface area is 200 Å². The Kier molecular flexibility index (Phi) is 7.44. The van der Waals surface area contributed by atoms with Crippen LogP contribution in [-0.2, 0) is 4.12 Å². The molecule has 4 rings (SSSR count). The number of benzene rings is 4. The van der Waals surface area contributed by atoms with Crippen molar-refractivity contribution >= 4 is 38.8 Å². The summed E-state index contributed by atoms with van der Waals surface area (Å²) in [6.07, 6.45) is 0. The molecule has 33 heavy (non-hydrogen) atoms. The molecule has 0 atom stereocenters. The lowest BCUT2D eigenvalue weighted by molar-refractivity contribution is 0.416. The van der Waals surface area contributed by atoms with Gasteiger partial charge >= 0.3 is 0 Å². The summed E-state index contributed by atoms with van der Waals surface area (Å²) < 4.78 is 18.8. The summed E-state index contributed by atoms with van der Waals surface area (Å²) in [4.78, 5) is 0. The average Bonchev–Trinajstić information content (AvgIpc) is 2.86. The minimum atomic E-state index is -1.63. The highest BCUT2D eigenvalue weighted by molar-refractivity contribution is 6.92. The van der Waals surface area contributed by atoms with E-state index in [2.05, 4.69) is 86.6 Å². The van der Waals surface area contributed by atoms with Crippen LogP contribution in [0.3, 0.4) is 0 Å². The molecule has 0 saturated carbocycles. The largest absolute Gasteiger partial charge is 0.497 e. The van der Waals surface area contributed by atoms with Gasteiger partial charge in [0, 0.05) is 10.4 Å². The number of ether oxygens (including phenoxy) is 2. The van der Waals surface area contributed by atoms with Crippen LogP contribution in [0.4, 0.5) is 0 Å². The maximum atomic E-state index is 7.23. The van der Waals surface area contributed by atoms with E-state index < -0.39 is 18.1 Å². The van der Waals surface area contributed by atoms with E-state index >= 15 is 0 Å². The highest BCUT2D eigenvalue weighted by Crippen LogP contribution is 2.15. The topological polar surface area (TPSA) is 27.7 Å². The lowest BCUT2D eigenvalue weighted by Crippen LogP contribution is -2.56. The lowest BCUT2D eigenvalue weighted by Gasteiger charge is -2.26. The molecule has 0 heterocycles. The Morgan fingerprint density at radius 3 is 1.27 bits per heavy atom. The van der Waals surface area contributed by atoms with Crippen molar-refractivity contribution < 1.29 is 13.6 Å². The first-order valence-corrected chi connectivity index (χ1v) is 13.7. The monoisotopic (exact) mass is 468 g/mol. The Hall–Kier alpha value is -3.13. The zero-order valence-corrected chi connectivity index (χ0v) is 21.5. The summed E-state index contributed by atoms with van der Waals surface area (Å²) in [5.41, 5.74) is 2.38. The minimum absolute atomic E-state index is 0.865. The van der Waals surface area contributed by atoms with Crippen LogP contribution in [0.15, 0.2) is 97.1 Å².